The first-order valence-corrected chi connectivity index (χ1v) is 8.24. The fraction of sp³-hybridized carbons (Fsp3) is 0.389. The van der Waals surface area contributed by atoms with E-state index in [0.29, 0.717) is 0 Å². The number of pyridine rings is 1. The van der Waals surface area contributed by atoms with E-state index in [1.165, 1.54) is 32.3 Å². The lowest BCUT2D eigenvalue weighted by Gasteiger charge is -2.22. The van der Waals surface area contributed by atoms with Crippen LogP contribution in [-0.2, 0) is 0 Å². The molecule has 3 heteroatoms. The van der Waals surface area contributed by atoms with Crippen LogP contribution in [0.4, 0.5) is 0 Å². The van der Waals surface area contributed by atoms with Crippen LogP contribution < -0.4 is 5.32 Å². The SMILES string of the molecule is CCCNC(c1cc(C)c(Br)c(C)c1)c1cnccc1C. The Labute approximate surface area is 136 Å². The zero-order valence-electron chi connectivity index (χ0n) is 13.2. The molecule has 1 N–H and O–H groups in total. The van der Waals surface area contributed by atoms with Gasteiger partial charge in [0.2, 0.25) is 0 Å². The van der Waals surface area contributed by atoms with Gasteiger partial charge in [-0.25, -0.2) is 0 Å². The number of rotatable bonds is 5. The fourth-order valence-corrected chi connectivity index (χ4v) is 2.85. The third kappa shape index (κ3) is 3.72. The van der Waals surface area contributed by atoms with E-state index in [0.717, 1.165) is 13.0 Å². The number of hydrogen-bond acceptors (Lipinski definition) is 2. The van der Waals surface area contributed by atoms with E-state index in [-0.39, 0.29) is 6.04 Å². The smallest absolute Gasteiger partial charge is 0.0594 e. The third-order valence-corrected chi connectivity index (χ3v) is 5.03. The Kier molecular flexibility index (Phi) is 5.54. The minimum atomic E-state index is 0.198. The molecular weight excluding hydrogens is 324 g/mol. The van der Waals surface area contributed by atoms with E-state index >= 15 is 0 Å². The molecule has 0 saturated carbocycles. The largest absolute Gasteiger partial charge is 0.306 e. The Bertz CT molecular complexity index is 599. The van der Waals surface area contributed by atoms with E-state index in [9.17, 15) is 0 Å². The normalized spacial score (nSPS) is 12.4. The summed E-state index contributed by atoms with van der Waals surface area (Å²) in [6.07, 6.45) is 4.95. The lowest BCUT2D eigenvalue weighted by Crippen LogP contribution is -2.24. The molecular formula is C18H23BrN2. The summed E-state index contributed by atoms with van der Waals surface area (Å²) in [6.45, 7) is 9.63. The molecule has 0 aliphatic heterocycles. The summed E-state index contributed by atoms with van der Waals surface area (Å²) in [5, 5.41) is 3.66. The summed E-state index contributed by atoms with van der Waals surface area (Å²) in [5.74, 6) is 0. The van der Waals surface area contributed by atoms with Crippen LogP contribution in [0.3, 0.4) is 0 Å². The highest BCUT2D eigenvalue weighted by Crippen LogP contribution is 2.30. The van der Waals surface area contributed by atoms with Crippen molar-refractivity contribution in [3.63, 3.8) is 0 Å². The van der Waals surface area contributed by atoms with Crippen molar-refractivity contribution >= 4 is 15.9 Å². The average Bonchev–Trinajstić information content (AvgIpc) is 2.46. The van der Waals surface area contributed by atoms with Crippen LogP contribution in [-0.4, -0.2) is 11.5 Å². The van der Waals surface area contributed by atoms with Gasteiger partial charge in [0.1, 0.15) is 0 Å². The van der Waals surface area contributed by atoms with Crippen molar-refractivity contribution in [2.75, 3.05) is 6.54 Å². The maximum absolute atomic E-state index is 4.31. The molecule has 21 heavy (non-hydrogen) atoms. The van der Waals surface area contributed by atoms with Gasteiger partial charge in [0.15, 0.2) is 0 Å². The molecule has 1 aromatic heterocycles. The highest BCUT2D eigenvalue weighted by Gasteiger charge is 2.17. The van der Waals surface area contributed by atoms with Gasteiger partial charge in [-0.3, -0.25) is 4.98 Å². The number of nitrogens with one attached hydrogen (secondary N) is 1. The molecule has 0 aliphatic carbocycles. The number of nitrogens with zero attached hydrogens (tertiary/aromatic N) is 1. The summed E-state index contributed by atoms with van der Waals surface area (Å²) in [7, 11) is 0. The summed E-state index contributed by atoms with van der Waals surface area (Å²) in [5.41, 5.74) is 6.38. The number of aromatic nitrogens is 1. The summed E-state index contributed by atoms with van der Waals surface area (Å²) in [4.78, 5) is 4.31. The zero-order chi connectivity index (χ0) is 15.4. The van der Waals surface area contributed by atoms with Crippen molar-refractivity contribution in [2.24, 2.45) is 0 Å². The van der Waals surface area contributed by atoms with E-state index in [4.69, 9.17) is 0 Å². The minimum Gasteiger partial charge on any atom is -0.306 e. The number of halogens is 1. The first-order valence-electron chi connectivity index (χ1n) is 7.45. The van der Waals surface area contributed by atoms with Gasteiger partial charge < -0.3 is 5.32 Å². The third-order valence-electron chi connectivity index (χ3n) is 3.78. The van der Waals surface area contributed by atoms with Crippen LogP contribution in [0.1, 0.15) is 47.2 Å². The van der Waals surface area contributed by atoms with Gasteiger partial charge in [-0.2, -0.15) is 0 Å². The molecule has 0 spiro atoms. The molecule has 1 unspecified atom stereocenters. The van der Waals surface area contributed by atoms with Crippen LogP contribution in [0.15, 0.2) is 35.1 Å². The number of hydrogen-bond donors (Lipinski definition) is 1. The van der Waals surface area contributed by atoms with Crippen molar-refractivity contribution in [3.05, 3.63) is 62.9 Å². The zero-order valence-corrected chi connectivity index (χ0v) is 14.8. The number of benzene rings is 1. The minimum absolute atomic E-state index is 0.198. The molecule has 0 saturated heterocycles. The van der Waals surface area contributed by atoms with E-state index in [2.05, 4.69) is 72.1 Å². The fourth-order valence-electron chi connectivity index (χ4n) is 2.62. The predicted octanol–water partition coefficient (Wildman–Crippen LogP) is 4.86. The molecule has 1 atom stereocenters. The van der Waals surface area contributed by atoms with E-state index in [1.807, 2.05) is 12.4 Å². The molecule has 0 bridgehead atoms. The lowest BCUT2D eigenvalue weighted by molar-refractivity contribution is 0.594. The van der Waals surface area contributed by atoms with Gasteiger partial charge in [-0.05, 0) is 67.6 Å². The molecule has 0 aliphatic rings. The van der Waals surface area contributed by atoms with Crippen LogP contribution in [0.2, 0.25) is 0 Å². The topological polar surface area (TPSA) is 24.9 Å². The highest BCUT2D eigenvalue weighted by atomic mass is 79.9. The van der Waals surface area contributed by atoms with Crippen LogP contribution in [0.5, 0.6) is 0 Å². The van der Waals surface area contributed by atoms with Crippen molar-refractivity contribution < 1.29 is 0 Å². The van der Waals surface area contributed by atoms with Gasteiger partial charge in [0.05, 0.1) is 6.04 Å². The van der Waals surface area contributed by atoms with E-state index in [1.54, 1.807) is 0 Å². The maximum atomic E-state index is 4.31. The van der Waals surface area contributed by atoms with Gasteiger partial charge in [0.25, 0.3) is 0 Å². The van der Waals surface area contributed by atoms with Crippen molar-refractivity contribution in [1.82, 2.24) is 10.3 Å². The van der Waals surface area contributed by atoms with Gasteiger partial charge in [0, 0.05) is 16.9 Å². The molecule has 2 nitrogen and oxygen atoms in total. The predicted molar refractivity (Wildman–Crippen MR) is 92.7 cm³/mol. The lowest BCUT2D eigenvalue weighted by atomic mass is 9.94. The van der Waals surface area contributed by atoms with Crippen molar-refractivity contribution in [1.29, 1.82) is 0 Å². The number of aryl methyl sites for hydroxylation is 3. The standard InChI is InChI=1S/C18H23BrN2/c1-5-7-21-18(16-11-20-8-6-12(16)2)15-9-13(3)17(19)14(4)10-15/h6,8-11,18,21H,5,7H2,1-4H3. The first-order chi connectivity index (χ1) is 10.0. The van der Waals surface area contributed by atoms with E-state index < -0.39 is 0 Å². The monoisotopic (exact) mass is 346 g/mol. The molecule has 0 amide bonds. The second kappa shape index (κ2) is 7.19. The summed E-state index contributed by atoms with van der Waals surface area (Å²) in [6, 6.07) is 6.80. The Morgan fingerprint density at radius 3 is 2.38 bits per heavy atom. The average molecular weight is 347 g/mol. The molecule has 1 heterocycles. The van der Waals surface area contributed by atoms with Crippen molar-refractivity contribution in [3.8, 4) is 0 Å². The van der Waals surface area contributed by atoms with Crippen LogP contribution in [0, 0.1) is 20.8 Å². The molecule has 112 valence electrons. The van der Waals surface area contributed by atoms with Gasteiger partial charge in [-0.15, -0.1) is 0 Å². The molecule has 2 rings (SSSR count). The molecule has 0 radical (unpaired) electrons. The molecule has 1 aromatic carbocycles. The quantitative estimate of drug-likeness (QED) is 0.836. The molecule has 2 aromatic rings. The Morgan fingerprint density at radius 1 is 1.14 bits per heavy atom. The second-order valence-corrected chi connectivity index (χ2v) is 6.38. The summed E-state index contributed by atoms with van der Waals surface area (Å²) >= 11 is 3.65. The van der Waals surface area contributed by atoms with Gasteiger partial charge >= 0.3 is 0 Å². The van der Waals surface area contributed by atoms with Crippen LogP contribution >= 0.6 is 15.9 Å². The van der Waals surface area contributed by atoms with Crippen molar-refractivity contribution in [2.45, 2.75) is 40.2 Å². The highest BCUT2D eigenvalue weighted by molar-refractivity contribution is 9.10. The first kappa shape index (κ1) is 16.2. The Hall–Kier alpha value is -1.19. The summed E-state index contributed by atoms with van der Waals surface area (Å²) < 4.78 is 1.20. The Balaban J connectivity index is 2.48. The maximum Gasteiger partial charge on any atom is 0.0594 e. The van der Waals surface area contributed by atoms with Crippen LogP contribution in [0.25, 0.3) is 0 Å². The second-order valence-electron chi connectivity index (χ2n) is 5.59. The van der Waals surface area contributed by atoms with Gasteiger partial charge in [-0.1, -0.05) is 35.0 Å². The Morgan fingerprint density at radius 2 is 1.81 bits per heavy atom. The molecule has 0 fully saturated rings.